The second kappa shape index (κ2) is 4.42. The van der Waals surface area contributed by atoms with Crippen molar-refractivity contribution in [1.29, 1.82) is 0 Å². The van der Waals surface area contributed by atoms with Gasteiger partial charge in [-0.3, -0.25) is 0 Å². The minimum atomic E-state index is -0.243. The molecule has 1 aromatic rings. The first-order valence-electron chi connectivity index (χ1n) is 3.80. The van der Waals surface area contributed by atoms with Crippen molar-refractivity contribution in [3.05, 3.63) is 39.8 Å². The van der Waals surface area contributed by atoms with Crippen molar-refractivity contribution < 1.29 is 9.13 Å². The van der Waals surface area contributed by atoms with Crippen molar-refractivity contribution in [1.82, 2.24) is 0 Å². The quantitative estimate of drug-likeness (QED) is 0.724. The van der Waals surface area contributed by atoms with E-state index in [-0.39, 0.29) is 5.82 Å². The average molecular weight is 245 g/mol. The number of hydrogen-bond acceptors (Lipinski definition) is 1. The van der Waals surface area contributed by atoms with E-state index in [2.05, 4.69) is 15.9 Å². The van der Waals surface area contributed by atoms with Gasteiger partial charge in [0.05, 0.1) is 17.8 Å². The van der Waals surface area contributed by atoms with E-state index >= 15 is 0 Å². The number of halogens is 2. The molecule has 0 aromatic heterocycles. The van der Waals surface area contributed by atoms with Crippen LogP contribution in [0.1, 0.15) is 11.1 Å². The van der Waals surface area contributed by atoms with E-state index in [1.807, 2.05) is 6.92 Å². The van der Waals surface area contributed by atoms with Gasteiger partial charge in [0.15, 0.2) is 0 Å². The molecule has 0 aliphatic heterocycles. The minimum absolute atomic E-state index is 0.243. The predicted molar refractivity (Wildman–Crippen MR) is 54.9 cm³/mol. The molecule has 1 nitrogen and oxygen atoms in total. The molecule has 0 spiro atoms. The van der Waals surface area contributed by atoms with Gasteiger partial charge in [-0.15, -0.1) is 0 Å². The lowest BCUT2D eigenvalue weighted by atomic mass is 10.1. The lowest BCUT2D eigenvalue weighted by Gasteiger charge is -2.02. The van der Waals surface area contributed by atoms with E-state index in [0.717, 1.165) is 11.1 Å². The highest BCUT2D eigenvalue weighted by atomic mass is 79.9. The van der Waals surface area contributed by atoms with E-state index < -0.39 is 0 Å². The zero-order valence-electron chi connectivity index (χ0n) is 7.47. The number of rotatable bonds is 2. The van der Waals surface area contributed by atoms with Crippen LogP contribution in [0.25, 0.3) is 6.08 Å². The van der Waals surface area contributed by atoms with Crippen LogP contribution in [0.3, 0.4) is 0 Å². The summed E-state index contributed by atoms with van der Waals surface area (Å²) in [7, 11) is 1.57. The molecule has 0 saturated carbocycles. The molecule has 0 N–H and O–H groups in total. The Morgan fingerprint density at radius 3 is 2.77 bits per heavy atom. The fourth-order valence-electron chi connectivity index (χ4n) is 0.983. The standard InChI is InChI=1S/C10H10BrFO/c1-7-5-10(12)9(11)6-8(7)3-4-13-2/h3-6H,1-2H3. The molecule has 0 amide bonds. The SMILES string of the molecule is COC=Cc1cc(Br)c(F)cc1C. The highest BCUT2D eigenvalue weighted by Crippen LogP contribution is 2.21. The normalized spacial score (nSPS) is 10.8. The molecule has 1 rings (SSSR count). The third-order valence-electron chi connectivity index (χ3n) is 1.69. The molecular formula is C10H10BrFO. The average Bonchev–Trinajstić information content (AvgIpc) is 2.09. The maximum atomic E-state index is 13.0. The van der Waals surface area contributed by atoms with Crippen LogP contribution in [0.5, 0.6) is 0 Å². The van der Waals surface area contributed by atoms with E-state index in [0.29, 0.717) is 4.47 Å². The largest absolute Gasteiger partial charge is 0.504 e. The van der Waals surface area contributed by atoms with E-state index in [9.17, 15) is 4.39 Å². The molecule has 3 heteroatoms. The summed E-state index contributed by atoms with van der Waals surface area (Å²) in [6.45, 7) is 1.85. The zero-order chi connectivity index (χ0) is 9.84. The Hall–Kier alpha value is -0.830. The Balaban J connectivity index is 3.08. The molecule has 0 aliphatic rings. The van der Waals surface area contributed by atoms with Crippen molar-refractivity contribution in [3.63, 3.8) is 0 Å². The maximum Gasteiger partial charge on any atom is 0.137 e. The van der Waals surface area contributed by atoms with Crippen LogP contribution in [-0.4, -0.2) is 7.11 Å². The second-order valence-corrected chi connectivity index (χ2v) is 3.52. The molecule has 0 fully saturated rings. The summed E-state index contributed by atoms with van der Waals surface area (Å²) in [5.41, 5.74) is 1.82. The van der Waals surface area contributed by atoms with Gasteiger partial charge in [0.25, 0.3) is 0 Å². The molecule has 0 radical (unpaired) electrons. The predicted octanol–water partition coefficient (Wildman–Crippen LogP) is 3.51. The monoisotopic (exact) mass is 244 g/mol. The summed E-state index contributed by atoms with van der Waals surface area (Å²) in [5, 5.41) is 0. The number of methoxy groups -OCH3 is 1. The molecule has 0 heterocycles. The first-order chi connectivity index (χ1) is 6.15. The van der Waals surface area contributed by atoms with Gasteiger partial charge in [-0.05, 0) is 52.2 Å². The van der Waals surface area contributed by atoms with Crippen molar-refractivity contribution in [2.24, 2.45) is 0 Å². The lowest BCUT2D eigenvalue weighted by Crippen LogP contribution is -1.85. The van der Waals surface area contributed by atoms with Gasteiger partial charge >= 0.3 is 0 Å². The summed E-state index contributed by atoms with van der Waals surface area (Å²) in [4.78, 5) is 0. The summed E-state index contributed by atoms with van der Waals surface area (Å²) < 4.78 is 18.2. The lowest BCUT2D eigenvalue weighted by molar-refractivity contribution is 0.341. The van der Waals surface area contributed by atoms with E-state index in [4.69, 9.17) is 4.74 Å². The second-order valence-electron chi connectivity index (χ2n) is 2.66. The molecule has 0 aliphatic carbocycles. The van der Waals surface area contributed by atoms with Gasteiger partial charge < -0.3 is 4.74 Å². The molecule has 70 valence electrons. The summed E-state index contributed by atoms with van der Waals surface area (Å²) >= 11 is 3.12. The fourth-order valence-corrected chi connectivity index (χ4v) is 1.34. The molecular weight excluding hydrogens is 235 g/mol. The van der Waals surface area contributed by atoms with Crippen molar-refractivity contribution in [2.75, 3.05) is 7.11 Å². The minimum Gasteiger partial charge on any atom is -0.504 e. The molecule has 0 bridgehead atoms. The third-order valence-corrected chi connectivity index (χ3v) is 2.30. The first kappa shape index (κ1) is 10.3. The highest BCUT2D eigenvalue weighted by Gasteiger charge is 2.02. The molecule has 0 atom stereocenters. The molecule has 13 heavy (non-hydrogen) atoms. The fraction of sp³-hybridized carbons (Fsp3) is 0.200. The van der Waals surface area contributed by atoms with Crippen LogP contribution < -0.4 is 0 Å². The topological polar surface area (TPSA) is 9.23 Å². The Labute approximate surface area is 85.3 Å². The van der Waals surface area contributed by atoms with Gasteiger partial charge in [0.1, 0.15) is 5.82 Å². The Kier molecular flexibility index (Phi) is 3.48. The summed E-state index contributed by atoms with van der Waals surface area (Å²) in [6, 6.07) is 3.21. The van der Waals surface area contributed by atoms with Crippen molar-refractivity contribution in [3.8, 4) is 0 Å². The third kappa shape index (κ3) is 2.56. The number of ether oxygens (including phenoxy) is 1. The van der Waals surface area contributed by atoms with Crippen LogP contribution in [0.15, 0.2) is 22.9 Å². The maximum absolute atomic E-state index is 13.0. The zero-order valence-corrected chi connectivity index (χ0v) is 9.06. The van der Waals surface area contributed by atoms with E-state index in [1.54, 1.807) is 25.5 Å². The van der Waals surface area contributed by atoms with Crippen molar-refractivity contribution >= 4 is 22.0 Å². The molecule has 1 aromatic carbocycles. The molecule has 0 unspecified atom stereocenters. The smallest absolute Gasteiger partial charge is 0.137 e. The van der Waals surface area contributed by atoms with Crippen LogP contribution in [0.4, 0.5) is 4.39 Å². The van der Waals surface area contributed by atoms with Crippen LogP contribution >= 0.6 is 15.9 Å². The number of hydrogen-bond donors (Lipinski definition) is 0. The van der Waals surface area contributed by atoms with Gasteiger partial charge in [0, 0.05) is 0 Å². The highest BCUT2D eigenvalue weighted by molar-refractivity contribution is 9.10. The number of aryl methyl sites for hydroxylation is 1. The molecule has 0 saturated heterocycles. The summed E-state index contributed by atoms with van der Waals surface area (Å²) in [5.74, 6) is -0.243. The first-order valence-corrected chi connectivity index (χ1v) is 4.59. The Bertz CT molecular complexity index is 334. The van der Waals surface area contributed by atoms with Gasteiger partial charge in [0.2, 0.25) is 0 Å². The Morgan fingerprint density at radius 1 is 1.46 bits per heavy atom. The van der Waals surface area contributed by atoms with Crippen LogP contribution in [0.2, 0.25) is 0 Å². The van der Waals surface area contributed by atoms with E-state index in [1.165, 1.54) is 6.07 Å². The van der Waals surface area contributed by atoms with Gasteiger partial charge in [-0.25, -0.2) is 4.39 Å². The van der Waals surface area contributed by atoms with Crippen LogP contribution in [0, 0.1) is 12.7 Å². The Morgan fingerprint density at radius 2 is 2.15 bits per heavy atom. The van der Waals surface area contributed by atoms with Crippen molar-refractivity contribution in [2.45, 2.75) is 6.92 Å². The summed E-state index contributed by atoms with van der Waals surface area (Å²) in [6.07, 6.45) is 3.35. The number of benzene rings is 1. The van der Waals surface area contributed by atoms with Gasteiger partial charge in [-0.1, -0.05) is 0 Å². The van der Waals surface area contributed by atoms with Crippen LogP contribution in [-0.2, 0) is 4.74 Å². The van der Waals surface area contributed by atoms with Gasteiger partial charge in [-0.2, -0.15) is 0 Å².